The molecule has 0 aliphatic carbocycles. The van der Waals surface area contributed by atoms with Crippen LogP contribution >= 0.6 is 0 Å². The second kappa shape index (κ2) is 7.54. The molecule has 0 spiro atoms. The molecular formula is C23H25NO. The van der Waals surface area contributed by atoms with E-state index in [0.29, 0.717) is 0 Å². The smallest absolute Gasteiger partial charge is 0.147 e. The molecule has 0 amide bonds. The van der Waals surface area contributed by atoms with Crippen molar-refractivity contribution >= 4 is 0 Å². The first-order chi connectivity index (χ1) is 12.1. The van der Waals surface area contributed by atoms with E-state index in [1.807, 2.05) is 42.5 Å². The molecule has 0 saturated heterocycles. The minimum atomic E-state index is -0.188. The van der Waals surface area contributed by atoms with E-state index in [9.17, 15) is 0 Å². The van der Waals surface area contributed by atoms with Gasteiger partial charge in [-0.05, 0) is 44.0 Å². The van der Waals surface area contributed by atoms with Gasteiger partial charge >= 0.3 is 0 Å². The van der Waals surface area contributed by atoms with Gasteiger partial charge in [-0.25, -0.2) is 0 Å². The molecule has 128 valence electrons. The van der Waals surface area contributed by atoms with Crippen molar-refractivity contribution in [2.75, 3.05) is 0 Å². The summed E-state index contributed by atoms with van der Waals surface area (Å²) in [7, 11) is 0. The zero-order valence-electron chi connectivity index (χ0n) is 15.1. The lowest BCUT2D eigenvalue weighted by Crippen LogP contribution is -2.46. The molecular weight excluding hydrogens is 306 g/mol. The highest BCUT2D eigenvalue weighted by atomic mass is 16.7. The third kappa shape index (κ3) is 4.28. The van der Waals surface area contributed by atoms with Crippen LogP contribution in [0.15, 0.2) is 91.0 Å². The molecule has 0 saturated carbocycles. The molecule has 2 nitrogen and oxygen atoms in total. The Kier molecular flexibility index (Phi) is 5.20. The zero-order valence-corrected chi connectivity index (χ0v) is 15.1. The van der Waals surface area contributed by atoms with E-state index in [1.165, 1.54) is 11.1 Å². The maximum Gasteiger partial charge on any atom is 0.147 e. The highest BCUT2D eigenvalue weighted by molar-refractivity contribution is 5.32. The van der Waals surface area contributed by atoms with Crippen molar-refractivity contribution in [3.63, 3.8) is 0 Å². The minimum absolute atomic E-state index is 0.00241. The van der Waals surface area contributed by atoms with Gasteiger partial charge in [-0.15, -0.1) is 5.06 Å². The Morgan fingerprint density at radius 2 is 1.04 bits per heavy atom. The van der Waals surface area contributed by atoms with Crippen LogP contribution in [0.5, 0.6) is 5.75 Å². The lowest BCUT2D eigenvalue weighted by Gasteiger charge is -2.40. The predicted molar refractivity (Wildman–Crippen MR) is 103 cm³/mol. The van der Waals surface area contributed by atoms with Gasteiger partial charge in [0.1, 0.15) is 5.75 Å². The largest absolute Gasteiger partial charge is 0.405 e. The van der Waals surface area contributed by atoms with Gasteiger partial charge in [0.2, 0.25) is 0 Å². The van der Waals surface area contributed by atoms with E-state index < -0.39 is 0 Å². The Labute approximate surface area is 150 Å². The molecule has 0 atom stereocenters. The van der Waals surface area contributed by atoms with Crippen molar-refractivity contribution in [3.05, 3.63) is 102 Å². The van der Waals surface area contributed by atoms with Crippen LogP contribution in [0.2, 0.25) is 0 Å². The Morgan fingerprint density at radius 1 is 0.640 bits per heavy atom. The monoisotopic (exact) mass is 331 g/mol. The molecule has 0 aliphatic rings. The van der Waals surface area contributed by atoms with E-state index in [1.54, 1.807) is 0 Å². The summed E-state index contributed by atoms with van der Waals surface area (Å²) in [6, 6.07) is 31.0. The van der Waals surface area contributed by atoms with Crippen molar-refractivity contribution < 1.29 is 4.84 Å². The summed E-state index contributed by atoms with van der Waals surface area (Å²) in [6.07, 6.45) is 0. The second-order valence-electron chi connectivity index (χ2n) is 7.12. The van der Waals surface area contributed by atoms with Crippen molar-refractivity contribution in [2.24, 2.45) is 0 Å². The highest BCUT2D eigenvalue weighted by Gasteiger charge is 2.33. The van der Waals surface area contributed by atoms with Gasteiger partial charge in [0, 0.05) is 5.54 Å². The summed E-state index contributed by atoms with van der Waals surface area (Å²) in [5, 5.41) is 2.09. The number of rotatable bonds is 5. The third-order valence-corrected chi connectivity index (χ3v) is 4.07. The molecule has 0 N–H and O–H groups in total. The summed E-state index contributed by atoms with van der Waals surface area (Å²) in [4.78, 5) is 6.38. The van der Waals surface area contributed by atoms with Gasteiger partial charge in [-0.3, -0.25) is 0 Å². The van der Waals surface area contributed by atoms with Crippen LogP contribution in [0.1, 0.15) is 37.9 Å². The van der Waals surface area contributed by atoms with Crippen molar-refractivity contribution in [2.45, 2.75) is 32.4 Å². The van der Waals surface area contributed by atoms with Crippen LogP contribution in [0, 0.1) is 0 Å². The average molecular weight is 331 g/mol. The molecule has 3 aromatic rings. The molecule has 3 aromatic carbocycles. The number of hydroxylamine groups is 2. The third-order valence-electron chi connectivity index (χ3n) is 4.07. The molecule has 0 radical (unpaired) electrons. The van der Waals surface area contributed by atoms with Gasteiger partial charge < -0.3 is 4.84 Å². The molecule has 0 heterocycles. The van der Waals surface area contributed by atoms with Crippen molar-refractivity contribution in [1.82, 2.24) is 5.06 Å². The number of nitrogens with zero attached hydrogens (tertiary/aromatic N) is 1. The van der Waals surface area contributed by atoms with Crippen LogP contribution < -0.4 is 4.84 Å². The van der Waals surface area contributed by atoms with Gasteiger partial charge in [-0.2, -0.15) is 0 Å². The van der Waals surface area contributed by atoms with E-state index in [0.717, 1.165) is 5.75 Å². The Hall–Kier alpha value is -2.58. The van der Waals surface area contributed by atoms with Gasteiger partial charge in [0.25, 0.3) is 0 Å². The molecule has 0 unspecified atom stereocenters. The Balaban J connectivity index is 2.07. The summed E-state index contributed by atoms with van der Waals surface area (Å²) < 4.78 is 0. The van der Waals surface area contributed by atoms with E-state index in [-0.39, 0.29) is 11.6 Å². The van der Waals surface area contributed by atoms with Crippen LogP contribution in [-0.2, 0) is 0 Å². The van der Waals surface area contributed by atoms with Crippen molar-refractivity contribution in [3.8, 4) is 5.75 Å². The lowest BCUT2D eigenvalue weighted by atomic mass is 9.95. The van der Waals surface area contributed by atoms with Crippen LogP contribution in [0.4, 0.5) is 0 Å². The first-order valence-electron chi connectivity index (χ1n) is 8.68. The summed E-state index contributed by atoms with van der Waals surface area (Å²) in [6.45, 7) is 6.53. The van der Waals surface area contributed by atoms with Gasteiger partial charge in [0.05, 0.1) is 6.04 Å². The average Bonchev–Trinajstić information content (AvgIpc) is 2.63. The normalized spacial score (nSPS) is 11.7. The second-order valence-corrected chi connectivity index (χ2v) is 7.12. The first kappa shape index (κ1) is 17.2. The number of para-hydroxylation sites is 1. The summed E-state index contributed by atoms with van der Waals surface area (Å²) in [5.41, 5.74) is 2.23. The van der Waals surface area contributed by atoms with E-state index in [2.05, 4.69) is 74.4 Å². The molecule has 0 fully saturated rings. The molecule has 25 heavy (non-hydrogen) atoms. The number of benzene rings is 3. The van der Waals surface area contributed by atoms with E-state index in [4.69, 9.17) is 4.84 Å². The fourth-order valence-corrected chi connectivity index (χ4v) is 2.91. The molecule has 3 rings (SSSR count). The standard InChI is InChI=1S/C23H25NO/c1-23(2,3)24(25-21-17-11-6-12-18-21)22(19-13-7-4-8-14-19)20-15-9-5-10-16-20/h4-18,22H,1-3H3. The molecule has 0 bridgehead atoms. The maximum atomic E-state index is 6.38. The Bertz CT molecular complexity index is 724. The molecule has 2 heteroatoms. The number of hydrogen-bond acceptors (Lipinski definition) is 2. The highest BCUT2D eigenvalue weighted by Crippen LogP contribution is 2.34. The Morgan fingerprint density at radius 3 is 1.44 bits per heavy atom. The fraction of sp³-hybridized carbons (Fsp3) is 0.217. The number of hydrogen-bond donors (Lipinski definition) is 0. The van der Waals surface area contributed by atoms with E-state index >= 15 is 0 Å². The minimum Gasteiger partial charge on any atom is -0.405 e. The SMILES string of the molecule is CC(C)(C)N(Oc1ccccc1)C(c1ccccc1)c1ccccc1. The lowest BCUT2D eigenvalue weighted by molar-refractivity contribution is -0.150. The van der Waals surface area contributed by atoms with Gasteiger partial charge in [-0.1, -0.05) is 78.9 Å². The predicted octanol–water partition coefficient (Wildman–Crippen LogP) is 5.87. The van der Waals surface area contributed by atoms with Crippen LogP contribution in [0.3, 0.4) is 0 Å². The topological polar surface area (TPSA) is 12.5 Å². The van der Waals surface area contributed by atoms with Crippen LogP contribution in [0.25, 0.3) is 0 Å². The fourth-order valence-electron chi connectivity index (χ4n) is 2.91. The molecule has 0 aromatic heterocycles. The van der Waals surface area contributed by atoms with Gasteiger partial charge in [0.15, 0.2) is 0 Å². The summed E-state index contributed by atoms with van der Waals surface area (Å²) >= 11 is 0. The maximum absolute atomic E-state index is 6.38. The summed E-state index contributed by atoms with van der Waals surface area (Å²) in [5.74, 6) is 0.842. The van der Waals surface area contributed by atoms with Crippen LogP contribution in [-0.4, -0.2) is 10.6 Å². The van der Waals surface area contributed by atoms with Crippen molar-refractivity contribution in [1.29, 1.82) is 0 Å². The molecule has 0 aliphatic heterocycles. The first-order valence-corrected chi connectivity index (χ1v) is 8.68. The zero-order chi connectivity index (χ0) is 17.7. The quantitative estimate of drug-likeness (QED) is 0.542.